The van der Waals surface area contributed by atoms with Crippen LogP contribution in [0.3, 0.4) is 0 Å². The number of carboxylic acids is 1. The predicted octanol–water partition coefficient (Wildman–Crippen LogP) is -0.369. The Bertz CT molecular complexity index is 341. The average Bonchev–Trinajstić information content (AvgIpc) is 2.25. The third-order valence-corrected chi connectivity index (χ3v) is 2.14. The normalized spacial score (nSPS) is 9.25. The summed E-state index contributed by atoms with van der Waals surface area (Å²) in [6.07, 6.45) is 1.77. The van der Waals surface area contributed by atoms with Gasteiger partial charge in [0.15, 0.2) is 5.78 Å². The Morgan fingerprint density at radius 1 is 1.06 bits per heavy atom. The maximum Gasteiger partial charge on any atom is 1.00 e. The molecular formula is C12H15NaO3. The Kier molecular flexibility index (Phi) is 8.16. The van der Waals surface area contributed by atoms with E-state index < -0.39 is 5.97 Å². The summed E-state index contributed by atoms with van der Waals surface area (Å²) in [5.74, 6) is -0.719. The third-order valence-electron chi connectivity index (χ3n) is 2.14. The molecule has 0 bridgehead atoms. The zero-order valence-electron chi connectivity index (χ0n) is 10.5. The Labute approximate surface area is 119 Å². The number of ketones is 1. The number of hydrogen-bond donors (Lipinski definition) is 1. The molecule has 0 unspecified atom stereocenters. The first kappa shape index (κ1) is 15.4. The molecule has 3 nitrogen and oxygen atoms in total. The molecule has 0 amide bonds. The molecule has 1 N–H and O–H groups in total. The van der Waals surface area contributed by atoms with E-state index >= 15 is 0 Å². The van der Waals surface area contributed by atoms with Crippen LogP contribution < -0.4 is 29.6 Å². The van der Waals surface area contributed by atoms with Crippen molar-refractivity contribution in [2.45, 2.75) is 25.7 Å². The second-order valence-electron chi connectivity index (χ2n) is 3.39. The standard InChI is InChI=1S/C12H14O3.Na.H/c13-11(8-4-5-9-12(14)15)10-6-2-1-3-7-10;;/h1-3,6-7H,4-5,8-9H2,(H,14,15);;/q;+1;-1. The smallest absolute Gasteiger partial charge is 1.00 e. The molecule has 1 aromatic rings. The molecule has 0 heterocycles. The summed E-state index contributed by atoms with van der Waals surface area (Å²) in [5, 5.41) is 8.41. The van der Waals surface area contributed by atoms with Crippen LogP contribution in [0.15, 0.2) is 30.3 Å². The maximum atomic E-state index is 11.5. The van der Waals surface area contributed by atoms with E-state index in [1.165, 1.54) is 0 Å². The van der Waals surface area contributed by atoms with Crippen LogP contribution in [-0.2, 0) is 4.79 Å². The molecule has 0 aromatic heterocycles. The topological polar surface area (TPSA) is 54.4 Å². The Morgan fingerprint density at radius 2 is 1.62 bits per heavy atom. The van der Waals surface area contributed by atoms with Crippen molar-refractivity contribution in [3.63, 3.8) is 0 Å². The van der Waals surface area contributed by atoms with E-state index in [1.807, 2.05) is 18.2 Å². The minimum Gasteiger partial charge on any atom is -1.00 e. The number of rotatable bonds is 6. The molecule has 0 saturated carbocycles. The molecule has 0 atom stereocenters. The van der Waals surface area contributed by atoms with E-state index in [0.717, 1.165) is 0 Å². The molecule has 82 valence electrons. The first-order valence-electron chi connectivity index (χ1n) is 5.00. The molecule has 0 radical (unpaired) electrons. The zero-order chi connectivity index (χ0) is 11.1. The Balaban J connectivity index is 0. The van der Waals surface area contributed by atoms with Crippen LogP contribution >= 0.6 is 0 Å². The Morgan fingerprint density at radius 3 is 2.19 bits per heavy atom. The SMILES string of the molecule is O=C(O)CCCCC(=O)c1ccccc1.[H-].[Na+]. The van der Waals surface area contributed by atoms with Crippen molar-refractivity contribution in [1.82, 2.24) is 0 Å². The van der Waals surface area contributed by atoms with Crippen molar-refractivity contribution >= 4 is 11.8 Å². The number of carboxylic acid groups (broad SMARTS) is 1. The third kappa shape index (κ3) is 6.05. The van der Waals surface area contributed by atoms with Gasteiger partial charge in [-0.3, -0.25) is 9.59 Å². The molecule has 1 rings (SSSR count). The van der Waals surface area contributed by atoms with Crippen molar-refractivity contribution in [3.05, 3.63) is 35.9 Å². The quantitative estimate of drug-likeness (QED) is 0.412. The largest absolute Gasteiger partial charge is 1.00 e. The molecule has 0 spiro atoms. The van der Waals surface area contributed by atoms with Crippen LogP contribution in [-0.4, -0.2) is 16.9 Å². The van der Waals surface area contributed by atoms with Crippen LogP contribution in [0.5, 0.6) is 0 Å². The van der Waals surface area contributed by atoms with Crippen LogP contribution in [0.1, 0.15) is 37.5 Å². The molecule has 1 aromatic carbocycles. The van der Waals surface area contributed by atoms with E-state index in [9.17, 15) is 9.59 Å². The average molecular weight is 230 g/mol. The van der Waals surface area contributed by atoms with Crippen LogP contribution in [0.4, 0.5) is 0 Å². The molecule has 0 fully saturated rings. The Hall–Kier alpha value is -0.640. The molecule has 16 heavy (non-hydrogen) atoms. The van der Waals surface area contributed by atoms with Gasteiger partial charge in [0.25, 0.3) is 0 Å². The van der Waals surface area contributed by atoms with Gasteiger partial charge in [-0.1, -0.05) is 30.3 Å². The second kappa shape index (κ2) is 8.50. The minimum atomic E-state index is -0.804. The van der Waals surface area contributed by atoms with Gasteiger partial charge in [0.05, 0.1) is 0 Å². The summed E-state index contributed by atoms with van der Waals surface area (Å²) in [6, 6.07) is 9.06. The van der Waals surface area contributed by atoms with Gasteiger partial charge in [-0.05, 0) is 12.8 Å². The molecular weight excluding hydrogens is 215 g/mol. The van der Waals surface area contributed by atoms with E-state index in [4.69, 9.17) is 5.11 Å². The fraction of sp³-hybridized carbons (Fsp3) is 0.333. The summed E-state index contributed by atoms with van der Waals surface area (Å²) in [6.45, 7) is 0. The summed E-state index contributed by atoms with van der Waals surface area (Å²) < 4.78 is 0. The zero-order valence-corrected chi connectivity index (χ0v) is 11.5. The summed E-state index contributed by atoms with van der Waals surface area (Å²) in [5.41, 5.74) is 0.702. The molecule has 0 saturated heterocycles. The van der Waals surface area contributed by atoms with Crippen molar-refractivity contribution in [2.24, 2.45) is 0 Å². The van der Waals surface area contributed by atoms with E-state index in [2.05, 4.69) is 0 Å². The minimum absolute atomic E-state index is 0. The van der Waals surface area contributed by atoms with Gasteiger partial charge in [0.1, 0.15) is 0 Å². The van der Waals surface area contributed by atoms with Crippen molar-refractivity contribution in [2.75, 3.05) is 0 Å². The van der Waals surface area contributed by atoms with Gasteiger partial charge in [0.2, 0.25) is 0 Å². The van der Waals surface area contributed by atoms with Crippen molar-refractivity contribution in [1.29, 1.82) is 0 Å². The number of hydrogen-bond acceptors (Lipinski definition) is 2. The number of carbonyl (C=O) groups is 2. The summed E-state index contributed by atoms with van der Waals surface area (Å²) in [4.78, 5) is 21.8. The van der Waals surface area contributed by atoms with Gasteiger partial charge in [0, 0.05) is 18.4 Å². The molecule has 4 heteroatoms. The van der Waals surface area contributed by atoms with E-state index in [-0.39, 0.29) is 43.2 Å². The maximum absolute atomic E-state index is 11.5. The van der Waals surface area contributed by atoms with Crippen LogP contribution in [0.25, 0.3) is 0 Å². The van der Waals surface area contributed by atoms with Gasteiger partial charge in [-0.15, -0.1) is 0 Å². The predicted molar refractivity (Wildman–Crippen MR) is 58.0 cm³/mol. The number of carbonyl (C=O) groups excluding carboxylic acids is 1. The van der Waals surface area contributed by atoms with Gasteiger partial charge >= 0.3 is 35.5 Å². The second-order valence-corrected chi connectivity index (χ2v) is 3.39. The molecule has 0 aliphatic rings. The number of Topliss-reactive ketones (excluding diaryl/α,β-unsaturated/α-hetero) is 1. The van der Waals surface area contributed by atoms with Gasteiger partial charge < -0.3 is 6.53 Å². The fourth-order valence-corrected chi connectivity index (χ4v) is 1.33. The van der Waals surface area contributed by atoms with Gasteiger partial charge in [-0.25, -0.2) is 0 Å². The van der Waals surface area contributed by atoms with Gasteiger partial charge in [-0.2, -0.15) is 0 Å². The number of benzene rings is 1. The fourth-order valence-electron chi connectivity index (χ4n) is 1.33. The number of aliphatic carboxylic acids is 1. The molecule has 0 aliphatic heterocycles. The first-order valence-corrected chi connectivity index (χ1v) is 5.00. The number of unbranched alkanes of at least 4 members (excludes halogenated alkanes) is 1. The molecule has 0 aliphatic carbocycles. The van der Waals surface area contributed by atoms with Crippen LogP contribution in [0.2, 0.25) is 0 Å². The van der Waals surface area contributed by atoms with E-state index in [1.54, 1.807) is 12.1 Å². The first-order chi connectivity index (χ1) is 7.20. The summed E-state index contributed by atoms with van der Waals surface area (Å²) >= 11 is 0. The van der Waals surface area contributed by atoms with Crippen molar-refractivity contribution in [3.8, 4) is 0 Å². The van der Waals surface area contributed by atoms with E-state index in [0.29, 0.717) is 24.8 Å². The summed E-state index contributed by atoms with van der Waals surface area (Å²) in [7, 11) is 0. The monoisotopic (exact) mass is 230 g/mol. The van der Waals surface area contributed by atoms with Crippen molar-refractivity contribution < 1.29 is 45.7 Å². The van der Waals surface area contributed by atoms with Crippen LogP contribution in [0, 0.1) is 0 Å².